The van der Waals surface area contributed by atoms with Crippen molar-refractivity contribution in [3.63, 3.8) is 0 Å². The Morgan fingerprint density at radius 3 is 1.62 bits per heavy atom. The zero-order chi connectivity index (χ0) is 29.7. The summed E-state index contributed by atoms with van der Waals surface area (Å²) in [7, 11) is 0. The number of aromatic nitrogens is 1. The molecule has 2 heteroatoms. The Kier molecular flexibility index (Phi) is 6.07. The molecule has 0 aliphatic heterocycles. The van der Waals surface area contributed by atoms with Gasteiger partial charge in [0.25, 0.3) is 0 Å². The molecule has 0 N–H and O–H groups in total. The second-order valence-corrected chi connectivity index (χ2v) is 12.6. The number of benzene rings is 8. The summed E-state index contributed by atoms with van der Waals surface area (Å²) in [6, 6.07) is 59.5. The van der Waals surface area contributed by atoms with Crippen LogP contribution in [0.1, 0.15) is 0 Å². The second-order valence-electron chi connectivity index (χ2n) is 11.6. The van der Waals surface area contributed by atoms with E-state index in [2.05, 4.69) is 158 Å². The summed E-state index contributed by atoms with van der Waals surface area (Å²) in [6.07, 6.45) is 0. The highest BCUT2D eigenvalue weighted by Gasteiger charge is 2.12. The van der Waals surface area contributed by atoms with Gasteiger partial charge in [-0.15, -0.1) is 11.3 Å². The molecule has 0 amide bonds. The molecule has 0 saturated carbocycles. The molecule has 0 aliphatic rings. The highest BCUT2D eigenvalue weighted by atomic mass is 32.1. The number of rotatable bonds is 4. The predicted molar refractivity (Wildman–Crippen MR) is 194 cm³/mol. The molecule has 0 fully saturated rings. The SMILES string of the molecule is c1ccc(-c2cc3ccccc3cc2-c2ccc3c(ccc4cc(-c5ccc(-c6nc7ccccc7s6)cc5)ccc43)c2)cc1. The van der Waals surface area contributed by atoms with Gasteiger partial charge in [-0.3, -0.25) is 0 Å². The molecule has 0 aliphatic carbocycles. The Hall–Kier alpha value is -5.57. The van der Waals surface area contributed by atoms with Crippen LogP contribution in [-0.4, -0.2) is 4.98 Å². The first kappa shape index (κ1) is 25.9. The highest BCUT2D eigenvalue weighted by molar-refractivity contribution is 7.21. The zero-order valence-electron chi connectivity index (χ0n) is 24.4. The van der Waals surface area contributed by atoms with Crippen molar-refractivity contribution in [3.8, 4) is 44.0 Å². The van der Waals surface area contributed by atoms with E-state index in [-0.39, 0.29) is 0 Å². The molecule has 0 bridgehead atoms. The van der Waals surface area contributed by atoms with Crippen molar-refractivity contribution in [2.24, 2.45) is 0 Å². The largest absolute Gasteiger partial charge is 0.236 e. The first-order valence-electron chi connectivity index (χ1n) is 15.3. The Morgan fingerprint density at radius 1 is 0.356 bits per heavy atom. The normalized spacial score (nSPS) is 11.6. The van der Waals surface area contributed by atoms with Crippen molar-refractivity contribution in [3.05, 3.63) is 164 Å². The minimum Gasteiger partial charge on any atom is -0.236 e. The molecular weight excluding hydrogens is 563 g/mol. The molecule has 1 heterocycles. The van der Waals surface area contributed by atoms with Crippen LogP contribution < -0.4 is 0 Å². The van der Waals surface area contributed by atoms with Gasteiger partial charge in [-0.25, -0.2) is 4.98 Å². The molecule has 0 atom stereocenters. The minimum atomic E-state index is 1.06. The average Bonchev–Trinajstić information content (AvgIpc) is 3.55. The third-order valence-electron chi connectivity index (χ3n) is 8.88. The summed E-state index contributed by atoms with van der Waals surface area (Å²) in [5.74, 6) is 0. The first-order valence-corrected chi connectivity index (χ1v) is 16.1. The van der Waals surface area contributed by atoms with Gasteiger partial charge in [0, 0.05) is 5.56 Å². The van der Waals surface area contributed by atoms with E-state index in [1.54, 1.807) is 11.3 Å². The van der Waals surface area contributed by atoms with Gasteiger partial charge < -0.3 is 0 Å². The quantitative estimate of drug-likeness (QED) is 0.186. The summed E-state index contributed by atoms with van der Waals surface area (Å²) < 4.78 is 1.22. The molecule has 0 saturated heterocycles. The molecule has 1 nitrogen and oxygen atoms in total. The van der Waals surface area contributed by atoms with Crippen LogP contribution in [-0.2, 0) is 0 Å². The van der Waals surface area contributed by atoms with Crippen LogP contribution in [0, 0.1) is 0 Å². The van der Waals surface area contributed by atoms with Crippen molar-refractivity contribution >= 4 is 53.9 Å². The number of hydrogen-bond acceptors (Lipinski definition) is 2. The third-order valence-corrected chi connectivity index (χ3v) is 9.96. The van der Waals surface area contributed by atoms with E-state index in [4.69, 9.17) is 4.98 Å². The fourth-order valence-corrected chi connectivity index (χ4v) is 7.53. The van der Waals surface area contributed by atoms with Crippen molar-refractivity contribution in [2.75, 3.05) is 0 Å². The number of para-hydroxylation sites is 1. The van der Waals surface area contributed by atoms with E-state index in [0.717, 1.165) is 16.1 Å². The standard InChI is InChI=1S/C43H27NS/c1-2-8-29(9-3-1)39-26-31-10-4-5-11-32(31)27-40(39)36-21-23-38-35(25-36)19-18-34-24-33(20-22-37(34)38)28-14-16-30(17-15-28)43-44-41-12-6-7-13-42(41)45-43/h1-27H. The van der Waals surface area contributed by atoms with Crippen molar-refractivity contribution < 1.29 is 0 Å². The van der Waals surface area contributed by atoms with Crippen LogP contribution in [0.3, 0.4) is 0 Å². The van der Waals surface area contributed by atoms with Crippen LogP contribution in [0.4, 0.5) is 0 Å². The maximum Gasteiger partial charge on any atom is 0.124 e. The zero-order valence-corrected chi connectivity index (χ0v) is 25.3. The Bertz CT molecular complexity index is 2490. The summed E-state index contributed by atoms with van der Waals surface area (Å²) >= 11 is 1.74. The lowest BCUT2D eigenvalue weighted by Gasteiger charge is -2.14. The number of thiazole rings is 1. The number of hydrogen-bond donors (Lipinski definition) is 0. The Morgan fingerprint density at radius 2 is 0.911 bits per heavy atom. The van der Waals surface area contributed by atoms with Crippen molar-refractivity contribution in [1.29, 1.82) is 0 Å². The lowest BCUT2D eigenvalue weighted by atomic mass is 9.90. The van der Waals surface area contributed by atoms with Crippen LogP contribution >= 0.6 is 11.3 Å². The summed E-state index contributed by atoms with van der Waals surface area (Å²) in [6.45, 7) is 0. The first-order chi connectivity index (χ1) is 22.3. The van der Waals surface area contributed by atoms with Crippen molar-refractivity contribution in [1.82, 2.24) is 4.98 Å². The lowest BCUT2D eigenvalue weighted by molar-refractivity contribution is 1.48. The van der Waals surface area contributed by atoms with Gasteiger partial charge >= 0.3 is 0 Å². The summed E-state index contributed by atoms with van der Waals surface area (Å²) in [5, 5.41) is 8.62. The van der Waals surface area contributed by atoms with E-state index in [1.165, 1.54) is 70.4 Å². The molecule has 1 aromatic heterocycles. The van der Waals surface area contributed by atoms with Crippen LogP contribution in [0.25, 0.3) is 86.5 Å². The molecule has 9 rings (SSSR count). The topological polar surface area (TPSA) is 12.9 Å². The van der Waals surface area contributed by atoms with Gasteiger partial charge in [-0.05, 0) is 102 Å². The molecule has 8 aromatic carbocycles. The van der Waals surface area contributed by atoms with Gasteiger partial charge in [0.1, 0.15) is 5.01 Å². The maximum atomic E-state index is 4.83. The van der Waals surface area contributed by atoms with Crippen LogP contribution in [0.5, 0.6) is 0 Å². The van der Waals surface area contributed by atoms with Crippen molar-refractivity contribution in [2.45, 2.75) is 0 Å². The molecule has 0 spiro atoms. The number of fused-ring (bicyclic) bond motifs is 5. The summed E-state index contributed by atoms with van der Waals surface area (Å²) in [5.41, 5.74) is 9.63. The molecule has 0 radical (unpaired) electrons. The number of nitrogens with zero attached hydrogens (tertiary/aromatic N) is 1. The smallest absolute Gasteiger partial charge is 0.124 e. The average molecular weight is 590 g/mol. The van der Waals surface area contributed by atoms with Crippen LogP contribution in [0.15, 0.2) is 164 Å². The van der Waals surface area contributed by atoms with Crippen LogP contribution in [0.2, 0.25) is 0 Å². The Labute approximate surface area is 265 Å². The monoisotopic (exact) mass is 589 g/mol. The van der Waals surface area contributed by atoms with Gasteiger partial charge in [-0.1, -0.05) is 127 Å². The van der Waals surface area contributed by atoms with E-state index in [1.807, 2.05) is 6.07 Å². The third kappa shape index (κ3) is 4.59. The highest BCUT2D eigenvalue weighted by Crippen LogP contribution is 2.39. The summed E-state index contributed by atoms with van der Waals surface area (Å²) in [4.78, 5) is 4.83. The molecule has 210 valence electrons. The van der Waals surface area contributed by atoms with E-state index in [0.29, 0.717) is 0 Å². The van der Waals surface area contributed by atoms with E-state index in [9.17, 15) is 0 Å². The lowest BCUT2D eigenvalue weighted by Crippen LogP contribution is -1.88. The Balaban J connectivity index is 1.09. The van der Waals surface area contributed by atoms with Gasteiger partial charge in [0.15, 0.2) is 0 Å². The molecular formula is C43H27NS. The maximum absolute atomic E-state index is 4.83. The van der Waals surface area contributed by atoms with Gasteiger partial charge in [0.05, 0.1) is 10.2 Å². The van der Waals surface area contributed by atoms with Gasteiger partial charge in [0.2, 0.25) is 0 Å². The molecule has 9 aromatic rings. The minimum absolute atomic E-state index is 1.06. The fraction of sp³-hybridized carbons (Fsp3) is 0. The van der Waals surface area contributed by atoms with E-state index < -0.39 is 0 Å². The molecule has 0 unspecified atom stereocenters. The second kappa shape index (κ2) is 10.6. The fourth-order valence-electron chi connectivity index (χ4n) is 6.56. The van der Waals surface area contributed by atoms with E-state index >= 15 is 0 Å². The van der Waals surface area contributed by atoms with Gasteiger partial charge in [-0.2, -0.15) is 0 Å². The predicted octanol–water partition coefficient (Wildman–Crippen LogP) is 12.4. The molecule has 45 heavy (non-hydrogen) atoms.